The maximum absolute atomic E-state index is 5.95. The van der Waals surface area contributed by atoms with Gasteiger partial charge in [-0.1, -0.05) is 19.1 Å². The second-order valence-corrected chi connectivity index (χ2v) is 5.05. The van der Waals surface area contributed by atoms with Crippen molar-refractivity contribution in [3.63, 3.8) is 0 Å². The molecule has 0 amide bonds. The van der Waals surface area contributed by atoms with Gasteiger partial charge in [-0.25, -0.2) is 4.99 Å². The van der Waals surface area contributed by atoms with Gasteiger partial charge in [-0.15, -0.1) is 24.0 Å². The van der Waals surface area contributed by atoms with Crippen LogP contribution in [0, 0.1) is 0 Å². The maximum Gasteiger partial charge on any atom is 0.193 e. The molecule has 0 aliphatic rings. The van der Waals surface area contributed by atoms with Crippen molar-refractivity contribution in [2.24, 2.45) is 10.7 Å². The standard InChI is InChI=1S/C18H23N3O2.HI/c1-4-13-5-8-15(9-6-13)21-18(19)20-12-14-7-10-16(22-2)11-17(14)23-3;/h5-11H,4,12H2,1-3H3,(H3,19,20,21);1H. The van der Waals surface area contributed by atoms with E-state index in [9.17, 15) is 0 Å². The molecule has 0 spiro atoms. The van der Waals surface area contributed by atoms with Crippen molar-refractivity contribution in [1.82, 2.24) is 0 Å². The molecule has 130 valence electrons. The van der Waals surface area contributed by atoms with Gasteiger partial charge in [0.15, 0.2) is 5.96 Å². The fourth-order valence-electron chi connectivity index (χ4n) is 2.16. The number of nitrogens with one attached hydrogen (secondary N) is 1. The van der Waals surface area contributed by atoms with Crippen LogP contribution in [0.25, 0.3) is 0 Å². The number of hydrogen-bond donors (Lipinski definition) is 2. The first kappa shape index (κ1) is 20.1. The van der Waals surface area contributed by atoms with Crippen LogP contribution in [0.2, 0.25) is 0 Å². The zero-order chi connectivity index (χ0) is 16.7. The number of benzene rings is 2. The largest absolute Gasteiger partial charge is 0.497 e. The Kier molecular flexibility index (Phi) is 8.39. The van der Waals surface area contributed by atoms with Crippen molar-refractivity contribution in [2.75, 3.05) is 19.5 Å². The summed E-state index contributed by atoms with van der Waals surface area (Å²) in [6.45, 7) is 2.56. The lowest BCUT2D eigenvalue weighted by Gasteiger charge is -2.10. The summed E-state index contributed by atoms with van der Waals surface area (Å²) in [5.74, 6) is 1.84. The molecule has 24 heavy (non-hydrogen) atoms. The number of nitrogens with zero attached hydrogens (tertiary/aromatic N) is 1. The van der Waals surface area contributed by atoms with E-state index in [4.69, 9.17) is 15.2 Å². The molecule has 0 aliphatic carbocycles. The molecule has 0 saturated carbocycles. The summed E-state index contributed by atoms with van der Waals surface area (Å²) in [6, 6.07) is 13.8. The number of aliphatic imine (C=N–C) groups is 1. The van der Waals surface area contributed by atoms with Crippen molar-refractivity contribution in [3.8, 4) is 11.5 Å². The van der Waals surface area contributed by atoms with Crippen LogP contribution in [0.1, 0.15) is 18.1 Å². The van der Waals surface area contributed by atoms with Crippen molar-refractivity contribution in [2.45, 2.75) is 19.9 Å². The van der Waals surface area contributed by atoms with Gasteiger partial charge >= 0.3 is 0 Å². The Balaban J connectivity index is 0.00000288. The van der Waals surface area contributed by atoms with E-state index in [-0.39, 0.29) is 24.0 Å². The Morgan fingerprint density at radius 2 is 1.79 bits per heavy atom. The first-order chi connectivity index (χ1) is 11.2. The molecule has 3 N–H and O–H groups in total. The normalized spacial score (nSPS) is 10.7. The topological polar surface area (TPSA) is 68.9 Å². The summed E-state index contributed by atoms with van der Waals surface area (Å²) in [5, 5.41) is 3.09. The average molecular weight is 441 g/mol. The lowest BCUT2D eigenvalue weighted by molar-refractivity contribution is 0.391. The summed E-state index contributed by atoms with van der Waals surface area (Å²) in [4.78, 5) is 4.36. The molecule has 2 aromatic carbocycles. The lowest BCUT2D eigenvalue weighted by Crippen LogP contribution is -2.22. The summed E-state index contributed by atoms with van der Waals surface area (Å²) in [6.07, 6.45) is 1.01. The van der Waals surface area contributed by atoms with Crippen LogP contribution in [-0.2, 0) is 13.0 Å². The van der Waals surface area contributed by atoms with E-state index >= 15 is 0 Å². The Hall–Kier alpha value is -1.96. The van der Waals surface area contributed by atoms with Crippen LogP contribution in [-0.4, -0.2) is 20.2 Å². The molecule has 0 atom stereocenters. The van der Waals surface area contributed by atoms with Crippen molar-refractivity contribution in [1.29, 1.82) is 0 Å². The van der Waals surface area contributed by atoms with Gasteiger partial charge in [-0.3, -0.25) is 0 Å². The SMILES string of the molecule is CCc1ccc(NC(N)=NCc2ccc(OC)cc2OC)cc1.I. The number of aryl methyl sites for hydroxylation is 1. The van der Waals surface area contributed by atoms with Crippen LogP contribution in [0.4, 0.5) is 5.69 Å². The number of rotatable bonds is 6. The molecule has 0 aromatic heterocycles. The molecule has 2 aromatic rings. The zero-order valence-electron chi connectivity index (χ0n) is 14.2. The van der Waals surface area contributed by atoms with Gasteiger partial charge < -0.3 is 20.5 Å². The van der Waals surface area contributed by atoms with E-state index in [1.807, 2.05) is 30.3 Å². The average Bonchev–Trinajstić information content (AvgIpc) is 2.60. The first-order valence-corrected chi connectivity index (χ1v) is 7.53. The fraction of sp³-hybridized carbons (Fsp3) is 0.278. The number of methoxy groups -OCH3 is 2. The Labute approximate surface area is 160 Å². The third-order valence-corrected chi connectivity index (χ3v) is 3.55. The second kappa shape index (κ2) is 10.0. The predicted octanol–water partition coefficient (Wildman–Crippen LogP) is 3.81. The highest BCUT2D eigenvalue weighted by molar-refractivity contribution is 14.0. The van der Waals surface area contributed by atoms with E-state index in [2.05, 4.69) is 29.4 Å². The fourth-order valence-corrected chi connectivity index (χ4v) is 2.16. The van der Waals surface area contributed by atoms with Gasteiger partial charge in [0.1, 0.15) is 11.5 Å². The molecule has 6 heteroatoms. The molecule has 0 radical (unpaired) electrons. The van der Waals surface area contributed by atoms with Gasteiger partial charge in [0.05, 0.1) is 20.8 Å². The summed E-state index contributed by atoms with van der Waals surface area (Å²) >= 11 is 0. The molecule has 5 nitrogen and oxygen atoms in total. The Bertz CT molecular complexity index is 672. The molecule has 0 aliphatic heterocycles. The Morgan fingerprint density at radius 1 is 1.08 bits per heavy atom. The molecule has 0 unspecified atom stereocenters. The lowest BCUT2D eigenvalue weighted by atomic mass is 10.1. The van der Waals surface area contributed by atoms with Crippen LogP contribution in [0.3, 0.4) is 0 Å². The summed E-state index contributed by atoms with van der Waals surface area (Å²) < 4.78 is 10.5. The maximum atomic E-state index is 5.95. The van der Waals surface area contributed by atoms with Gasteiger partial charge in [0.25, 0.3) is 0 Å². The van der Waals surface area contributed by atoms with Gasteiger partial charge in [-0.05, 0) is 36.2 Å². The molecule has 0 saturated heterocycles. The van der Waals surface area contributed by atoms with Gasteiger partial charge in [0.2, 0.25) is 0 Å². The zero-order valence-corrected chi connectivity index (χ0v) is 16.5. The minimum absolute atomic E-state index is 0. The van der Waals surface area contributed by atoms with Crippen molar-refractivity contribution < 1.29 is 9.47 Å². The van der Waals surface area contributed by atoms with E-state index in [1.54, 1.807) is 14.2 Å². The smallest absolute Gasteiger partial charge is 0.193 e. The van der Waals surface area contributed by atoms with Crippen LogP contribution >= 0.6 is 24.0 Å². The summed E-state index contributed by atoms with van der Waals surface area (Å²) in [5.41, 5.74) is 9.10. The molecule has 0 heterocycles. The number of hydrogen-bond acceptors (Lipinski definition) is 3. The number of halogens is 1. The highest BCUT2D eigenvalue weighted by Gasteiger charge is 2.05. The number of guanidine groups is 1. The highest BCUT2D eigenvalue weighted by atomic mass is 127. The van der Waals surface area contributed by atoms with Gasteiger partial charge in [0, 0.05) is 17.3 Å². The second-order valence-electron chi connectivity index (χ2n) is 5.05. The predicted molar refractivity (Wildman–Crippen MR) is 110 cm³/mol. The van der Waals surface area contributed by atoms with E-state index in [0.717, 1.165) is 29.2 Å². The van der Waals surface area contributed by atoms with Crippen LogP contribution in [0.5, 0.6) is 11.5 Å². The van der Waals surface area contributed by atoms with E-state index < -0.39 is 0 Å². The molecule has 0 bridgehead atoms. The third kappa shape index (κ3) is 5.59. The molecule has 0 fully saturated rings. The monoisotopic (exact) mass is 441 g/mol. The number of ether oxygens (including phenoxy) is 2. The number of anilines is 1. The molecular weight excluding hydrogens is 417 g/mol. The quantitative estimate of drug-likeness (QED) is 0.407. The minimum atomic E-state index is 0. The minimum Gasteiger partial charge on any atom is -0.497 e. The molecule has 2 rings (SSSR count). The third-order valence-electron chi connectivity index (χ3n) is 3.55. The Morgan fingerprint density at radius 3 is 2.38 bits per heavy atom. The number of nitrogens with two attached hydrogens (primary N) is 1. The van der Waals surface area contributed by atoms with Crippen LogP contribution in [0.15, 0.2) is 47.5 Å². The van der Waals surface area contributed by atoms with Gasteiger partial charge in [-0.2, -0.15) is 0 Å². The van der Waals surface area contributed by atoms with E-state index in [0.29, 0.717) is 12.5 Å². The first-order valence-electron chi connectivity index (χ1n) is 7.53. The van der Waals surface area contributed by atoms with Crippen LogP contribution < -0.4 is 20.5 Å². The van der Waals surface area contributed by atoms with Crippen molar-refractivity contribution in [3.05, 3.63) is 53.6 Å². The summed E-state index contributed by atoms with van der Waals surface area (Å²) in [7, 11) is 3.25. The van der Waals surface area contributed by atoms with E-state index in [1.165, 1.54) is 5.56 Å². The highest BCUT2D eigenvalue weighted by Crippen LogP contribution is 2.25. The van der Waals surface area contributed by atoms with Crippen molar-refractivity contribution >= 4 is 35.6 Å². The molecular formula is C18H24IN3O2.